The molecule has 0 atom stereocenters. The zero-order valence-corrected chi connectivity index (χ0v) is 7.10. The van der Waals surface area contributed by atoms with Gasteiger partial charge < -0.3 is 0 Å². The summed E-state index contributed by atoms with van der Waals surface area (Å²) in [7, 11) is 0. The lowest BCUT2D eigenvalue weighted by Crippen LogP contribution is -2.19. The van der Waals surface area contributed by atoms with Crippen LogP contribution in [0.1, 0.15) is 5.56 Å². The number of aromatic nitrogens is 2. The van der Waals surface area contributed by atoms with Gasteiger partial charge in [0.05, 0.1) is 0 Å². The van der Waals surface area contributed by atoms with Crippen LogP contribution in [0.15, 0.2) is 21.7 Å². The van der Waals surface area contributed by atoms with E-state index < -0.39 is 0 Å². The van der Waals surface area contributed by atoms with Gasteiger partial charge in [0.15, 0.2) is 0 Å². The molecule has 0 aliphatic heterocycles. The van der Waals surface area contributed by atoms with Crippen LogP contribution in [0, 0.1) is 0 Å². The molecule has 0 spiro atoms. The van der Waals surface area contributed by atoms with Gasteiger partial charge in [0, 0.05) is 17.4 Å². The van der Waals surface area contributed by atoms with Crippen LogP contribution in [-0.2, 0) is 0 Å². The van der Waals surface area contributed by atoms with Crippen molar-refractivity contribution < 1.29 is 0 Å². The number of rotatable bonds is 2. The normalized spacial score (nSPS) is 10.8. The van der Waals surface area contributed by atoms with Crippen LogP contribution >= 0.6 is 12.6 Å². The lowest BCUT2D eigenvalue weighted by atomic mass is 10.3. The lowest BCUT2D eigenvalue weighted by molar-refractivity contribution is 0.947. The third-order valence-corrected chi connectivity index (χ3v) is 1.46. The summed E-state index contributed by atoms with van der Waals surface area (Å²) < 4.78 is 0. The quantitative estimate of drug-likeness (QED) is 0.567. The van der Waals surface area contributed by atoms with E-state index in [1.54, 1.807) is 12.2 Å². The van der Waals surface area contributed by atoms with E-state index in [9.17, 15) is 9.59 Å². The van der Waals surface area contributed by atoms with Gasteiger partial charge >= 0.3 is 0 Å². The molecule has 0 aliphatic rings. The summed E-state index contributed by atoms with van der Waals surface area (Å²) in [4.78, 5) is 21.7. The van der Waals surface area contributed by atoms with Gasteiger partial charge in [-0.1, -0.05) is 12.2 Å². The Kier molecular flexibility index (Phi) is 2.93. The summed E-state index contributed by atoms with van der Waals surface area (Å²) in [6, 6.07) is 1.23. The second kappa shape index (κ2) is 3.96. The first-order valence-electron chi connectivity index (χ1n) is 3.33. The van der Waals surface area contributed by atoms with E-state index in [1.165, 1.54) is 6.07 Å². The first-order valence-corrected chi connectivity index (χ1v) is 3.96. The molecule has 2 N–H and O–H groups in total. The molecular weight excluding hydrogens is 176 g/mol. The highest BCUT2D eigenvalue weighted by Crippen LogP contribution is 1.89. The van der Waals surface area contributed by atoms with Gasteiger partial charge in [-0.25, -0.2) is 0 Å². The predicted molar refractivity (Wildman–Crippen MR) is 50.6 cm³/mol. The number of nitrogens with one attached hydrogen (secondary N) is 2. The van der Waals surface area contributed by atoms with Gasteiger partial charge in [0.1, 0.15) is 0 Å². The fourth-order valence-corrected chi connectivity index (χ4v) is 0.842. The predicted octanol–water partition coefficient (Wildman–Crippen LogP) is 0.00620. The maximum Gasteiger partial charge on any atom is 0.269 e. The van der Waals surface area contributed by atoms with Crippen LogP contribution in [0.4, 0.5) is 0 Å². The summed E-state index contributed by atoms with van der Waals surface area (Å²) in [5.74, 6) is 0.534. The molecule has 12 heavy (non-hydrogen) atoms. The average molecular weight is 184 g/mol. The second-order valence-electron chi connectivity index (χ2n) is 2.13. The van der Waals surface area contributed by atoms with Crippen molar-refractivity contribution in [1.82, 2.24) is 10.2 Å². The van der Waals surface area contributed by atoms with Crippen LogP contribution in [0.25, 0.3) is 6.08 Å². The van der Waals surface area contributed by atoms with E-state index in [0.29, 0.717) is 11.3 Å². The molecule has 0 bridgehead atoms. The highest BCUT2D eigenvalue weighted by molar-refractivity contribution is 7.80. The molecule has 0 aromatic carbocycles. The molecule has 1 aromatic heterocycles. The molecule has 0 amide bonds. The van der Waals surface area contributed by atoms with E-state index in [2.05, 4.69) is 22.8 Å². The smallest absolute Gasteiger partial charge is 0.268 e. The van der Waals surface area contributed by atoms with Crippen LogP contribution < -0.4 is 11.1 Å². The van der Waals surface area contributed by atoms with E-state index in [-0.39, 0.29) is 11.1 Å². The minimum atomic E-state index is -0.326. The number of hydrogen-bond acceptors (Lipinski definition) is 3. The Morgan fingerprint density at radius 3 is 2.83 bits per heavy atom. The molecule has 1 aromatic rings. The Labute approximate surface area is 73.7 Å². The summed E-state index contributed by atoms with van der Waals surface area (Å²) in [6.07, 6.45) is 3.24. The van der Waals surface area contributed by atoms with Crippen molar-refractivity contribution in [2.45, 2.75) is 0 Å². The summed E-state index contributed by atoms with van der Waals surface area (Å²) >= 11 is 3.93. The molecule has 0 saturated heterocycles. The first kappa shape index (κ1) is 8.86. The van der Waals surface area contributed by atoms with Gasteiger partial charge in [-0.15, -0.1) is 0 Å². The molecule has 0 unspecified atom stereocenters. The zero-order valence-electron chi connectivity index (χ0n) is 6.20. The molecule has 4 nitrogen and oxygen atoms in total. The van der Waals surface area contributed by atoms with Gasteiger partial charge in [-0.05, 0) is 0 Å². The summed E-state index contributed by atoms with van der Waals surface area (Å²) in [5.41, 5.74) is -0.297. The number of thiol groups is 1. The molecule has 0 radical (unpaired) electrons. The molecule has 1 heterocycles. The van der Waals surface area contributed by atoms with Crippen molar-refractivity contribution in [3.63, 3.8) is 0 Å². The highest BCUT2D eigenvalue weighted by atomic mass is 32.1. The van der Waals surface area contributed by atoms with Crippen molar-refractivity contribution in [2.24, 2.45) is 0 Å². The number of H-pyrrole nitrogens is 2. The maximum atomic E-state index is 11.0. The van der Waals surface area contributed by atoms with Crippen LogP contribution in [0.2, 0.25) is 0 Å². The molecule has 1 rings (SSSR count). The van der Waals surface area contributed by atoms with Crippen molar-refractivity contribution >= 4 is 18.7 Å². The highest BCUT2D eigenvalue weighted by Gasteiger charge is 1.93. The second-order valence-corrected chi connectivity index (χ2v) is 2.49. The van der Waals surface area contributed by atoms with Crippen LogP contribution in [-0.4, -0.2) is 16.0 Å². The number of hydrogen-bond donors (Lipinski definition) is 3. The van der Waals surface area contributed by atoms with Gasteiger partial charge in [0.25, 0.3) is 11.1 Å². The van der Waals surface area contributed by atoms with Crippen molar-refractivity contribution in [3.8, 4) is 0 Å². The maximum absolute atomic E-state index is 11.0. The van der Waals surface area contributed by atoms with E-state index in [0.717, 1.165) is 0 Å². The fourth-order valence-electron chi connectivity index (χ4n) is 0.737. The van der Waals surface area contributed by atoms with Crippen molar-refractivity contribution in [2.75, 3.05) is 5.75 Å². The molecule has 0 saturated carbocycles. The van der Waals surface area contributed by atoms with E-state index >= 15 is 0 Å². The Hall–Kier alpha value is -1.23. The minimum Gasteiger partial charge on any atom is -0.268 e. The largest absolute Gasteiger partial charge is 0.269 e. The van der Waals surface area contributed by atoms with Crippen LogP contribution in [0.5, 0.6) is 0 Å². The van der Waals surface area contributed by atoms with Crippen molar-refractivity contribution in [1.29, 1.82) is 0 Å². The first-order chi connectivity index (χ1) is 5.74. The lowest BCUT2D eigenvalue weighted by Gasteiger charge is -1.88. The number of aromatic amines is 2. The van der Waals surface area contributed by atoms with Gasteiger partial charge in [-0.2, -0.15) is 12.6 Å². The third-order valence-electron chi connectivity index (χ3n) is 1.25. The standard InChI is InChI=1S/C7H8N2O2S/c10-6-4-5(2-1-3-12)7(11)9-8-6/h1-2,4,12H,3H2,(H,8,10)(H,9,11). The average Bonchev–Trinajstić information content (AvgIpc) is 2.07. The Balaban J connectivity index is 3.14. The van der Waals surface area contributed by atoms with Gasteiger partial charge in [-0.3, -0.25) is 19.8 Å². The van der Waals surface area contributed by atoms with Crippen molar-refractivity contribution in [3.05, 3.63) is 38.4 Å². The van der Waals surface area contributed by atoms with E-state index in [1.807, 2.05) is 0 Å². The summed E-state index contributed by atoms with van der Waals surface area (Å²) in [5, 5.41) is 4.38. The topological polar surface area (TPSA) is 65.7 Å². The Morgan fingerprint density at radius 1 is 1.42 bits per heavy atom. The molecule has 0 aliphatic carbocycles. The zero-order chi connectivity index (χ0) is 8.97. The Morgan fingerprint density at radius 2 is 2.17 bits per heavy atom. The summed E-state index contributed by atoms with van der Waals surface area (Å²) in [6.45, 7) is 0. The fraction of sp³-hybridized carbons (Fsp3) is 0.143. The van der Waals surface area contributed by atoms with Crippen LogP contribution in [0.3, 0.4) is 0 Å². The minimum absolute atomic E-state index is 0.312. The molecular formula is C7H8N2O2S. The molecule has 0 fully saturated rings. The molecule has 5 heteroatoms. The van der Waals surface area contributed by atoms with E-state index in [4.69, 9.17) is 0 Å². The molecule has 64 valence electrons. The Bertz CT molecular complexity index is 391. The van der Waals surface area contributed by atoms with Gasteiger partial charge in [0.2, 0.25) is 0 Å². The SMILES string of the molecule is O=c1cc(C=CCS)c(=O)[nH][nH]1. The third kappa shape index (κ3) is 2.13. The monoisotopic (exact) mass is 184 g/mol.